The van der Waals surface area contributed by atoms with Crippen molar-refractivity contribution in [1.82, 2.24) is 5.32 Å². The Bertz CT molecular complexity index is 644. The zero-order valence-electron chi connectivity index (χ0n) is 12.3. The molecule has 2 aromatic rings. The summed E-state index contributed by atoms with van der Waals surface area (Å²) in [4.78, 5) is 10.9. The van der Waals surface area contributed by atoms with Gasteiger partial charge in [-0.05, 0) is 29.9 Å². The molecule has 0 atom stereocenters. The van der Waals surface area contributed by atoms with Crippen LogP contribution in [0, 0.1) is 0 Å². The van der Waals surface area contributed by atoms with Gasteiger partial charge >= 0.3 is 0 Å². The molecule has 0 fully saturated rings. The molecule has 2 aromatic carbocycles. The first-order chi connectivity index (χ1) is 10.6. The summed E-state index contributed by atoms with van der Waals surface area (Å²) >= 11 is 5.02. The molecule has 22 heavy (non-hydrogen) atoms. The van der Waals surface area contributed by atoms with Gasteiger partial charge < -0.3 is 15.4 Å². The van der Waals surface area contributed by atoms with Crippen molar-refractivity contribution in [3.8, 4) is 5.75 Å². The Kier molecular flexibility index (Phi) is 5.91. The van der Waals surface area contributed by atoms with Crippen molar-refractivity contribution < 1.29 is 9.53 Å². The van der Waals surface area contributed by atoms with Gasteiger partial charge in [-0.15, -0.1) is 0 Å². The van der Waals surface area contributed by atoms with Gasteiger partial charge in [-0.2, -0.15) is 0 Å². The molecule has 0 radical (unpaired) electrons. The summed E-state index contributed by atoms with van der Waals surface area (Å²) < 4.78 is 5.74. The number of amides is 1. The number of carbonyl (C=O) groups is 1. The lowest BCUT2D eigenvalue weighted by Gasteiger charge is -2.10. The Morgan fingerprint density at radius 3 is 2.64 bits per heavy atom. The number of carbonyl (C=O) groups excluding carboxylic acids is 1. The van der Waals surface area contributed by atoms with Gasteiger partial charge in [0.15, 0.2) is 5.11 Å². The average Bonchev–Trinajstić information content (AvgIpc) is 2.48. The molecule has 0 saturated heterocycles. The van der Waals surface area contributed by atoms with Crippen molar-refractivity contribution in [2.45, 2.75) is 13.3 Å². The van der Waals surface area contributed by atoms with Crippen LogP contribution in [-0.4, -0.2) is 17.6 Å². The lowest BCUT2D eigenvalue weighted by Crippen LogP contribution is -2.32. The normalized spacial score (nSPS) is 9.86. The van der Waals surface area contributed by atoms with Crippen molar-refractivity contribution in [2.24, 2.45) is 0 Å². The van der Waals surface area contributed by atoms with Crippen LogP contribution in [0.1, 0.15) is 12.5 Å². The fourth-order valence-electron chi connectivity index (χ4n) is 1.92. The SMILES string of the molecule is CC(=O)NC(=S)Nc1cccc(OCCc2ccccc2)c1. The summed E-state index contributed by atoms with van der Waals surface area (Å²) in [5.41, 5.74) is 2.01. The van der Waals surface area contributed by atoms with Crippen molar-refractivity contribution in [2.75, 3.05) is 11.9 Å². The molecular formula is C17H18N2O2S. The number of ether oxygens (including phenoxy) is 1. The number of nitrogens with one attached hydrogen (secondary N) is 2. The molecule has 5 heteroatoms. The van der Waals surface area contributed by atoms with E-state index in [2.05, 4.69) is 22.8 Å². The Balaban J connectivity index is 1.86. The third-order valence-corrected chi connectivity index (χ3v) is 3.09. The molecule has 0 aliphatic carbocycles. The zero-order valence-corrected chi connectivity index (χ0v) is 13.2. The van der Waals surface area contributed by atoms with Crippen molar-refractivity contribution in [3.63, 3.8) is 0 Å². The van der Waals surface area contributed by atoms with Crippen LogP contribution in [-0.2, 0) is 11.2 Å². The van der Waals surface area contributed by atoms with Gasteiger partial charge in [0.25, 0.3) is 0 Å². The van der Waals surface area contributed by atoms with E-state index in [9.17, 15) is 4.79 Å². The third kappa shape index (κ3) is 5.54. The summed E-state index contributed by atoms with van der Waals surface area (Å²) in [6.45, 7) is 2.01. The lowest BCUT2D eigenvalue weighted by molar-refractivity contribution is -0.117. The van der Waals surface area contributed by atoms with E-state index in [4.69, 9.17) is 17.0 Å². The van der Waals surface area contributed by atoms with Gasteiger partial charge in [-0.3, -0.25) is 4.79 Å². The molecule has 0 aliphatic rings. The van der Waals surface area contributed by atoms with Crippen LogP contribution in [0.15, 0.2) is 54.6 Å². The van der Waals surface area contributed by atoms with E-state index in [1.165, 1.54) is 12.5 Å². The van der Waals surface area contributed by atoms with Gasteiger partial charge in [-0.1, -0.05) is 36.4 Å². The Hall–Kier alpha value is -2.40. The third-order valence-electron chi connectivity index (χ3n) is 2.88. The minimum Gasteiger partial charge on any atom is -0.493 e. The summed E-state index contributed by atoms with van der Waals surface area (Å²) in [7, 11) is 0. The maximum absolute atomic E-state index is 10.9. The lowest BCUT2D eigenvalue weighted by atomic mass is 10.2. The van der Waals surface area contributed by atoms with Gasteiger partial charge in [0, 0.05) is 25.1 Å². The van der Waals surface area contributed by atoms with Gasteiger partial charge in [0.1, 0.15) is 5.75 Å². The average molecular weight is 314 g/mol. The molecule has 0 bridgehead atoms. The first-order valence-electron chi connectivity index (χ1n) is 6.99. The molecule has 114 valence electrons. The molecule has 0 unspecified atom stereocenters. The van der Waals surface area contributed by atoms with E-state index in [-0.39, 0.29) is 11.0 Å². The molecule has 4 nitrogen and oxygen atoms in total. The highest BCUT2D eigenvalue weighted by Crippen LogP contribution is 2.17. The fraction of sp³-hybridized carbons (Fsp3) is 0.176. The summed E-state index contributed by atoms with van der Waals surface area (Å²) in [5, 5.41) is 5.73. The number of thiocarbonyl (C=S) groups is 1. The summed E-state index contributed by atoms with van der Waals surface area (Å²) in [6.07, 6.45) is 0.850. The number of hydrogen-bond acceptors (Lipinski definition) is 3. The predicted octanol–water partition coefficient (Wildman–Crippen LogP) is 3.14. The number of hydrogen-bond donors (Lipinski definition) is 2. The van der Waals surface area contributed by atoms with Gasteiger partial charge in [0.05, 0.1) is 6.61 Å². The van der Waals surface area contributed by atoms with Gasteiger partial charge in [-0.25, -0.2) is 0 Å². The summed E-state index contributed by atoms with van der Waals surface area (Å²) in [6, 6.07) is 17.6. The van der Waals surface area contributed by atoms with E-state index in [0.29, 0.717) is 6.61 Å². The van der Waals surface area contributed by atoms with Crippen LogP contribution in [0.3, 0.4) is 0 Å². The maximum atomic E-state index is 10.9. The van der Waals surface area contributed by atoms with Crippen LogP contribution in [0.5, 0.6) is 5.75 Å². The van der Waals surface area contributed by atoms with E-state index in [1.807, 2.05) is 42.5 Å². The van der Waals surface area contributed by atoms with Crippen LogP contribution in [0.25, 0.3) is 0 Å². The highest BCUT2D eigenvalue weighted by molar-refractivity contribution is 7.80. The molecule has 2 rings (SSSR count). The first kappa shape index (κ1) is 16.0. The second-order valence-corrected chi connectivity index (χ2v) is 5.16. The minimum atomic E-state index is -0.201. The first-order valence-corrected chi connectivity index (χ1v) is 7.39. The van der Waals surface area contributed by atoms with E-state index in [1.54, 1.807) is 0 Å². The molecule has 0 saturated carbocycles. The second kappa shape index (κ2) is 8.14. The maximum Gasteiger partial charge on any atom is 0.222 e. The Labute approximate surface area is 135 Å². The molecule has 1 amide bonds. The highest BCUT2D eigenvalue weighted by atomic mass is 32.1. The molecule has 0 heterocycles. The Morgan fingerprint density at radius 1 is 1.14 bits per heavy atom. The van der Waals surface area contributed by atoms with Crippen molar-refractivity contribution in [1.29, 1.82) is 0 Å². The molecule has 0 aromatic heterocycles. The number of benzene rings is 2. The molecular weight excluding hydrogens is 296 g/mol. The van der Waals surface area contributed by atoms with E-state index >= 15 is 0 Å². The predicted molar refractivity (Wildman–Crippen MR) is 92.1 cm³/mol. The highest BCUT2D eigenvalue weighted by Gasteiger charge is 2.01. The van der Waals surface area contributed by atoms with E-state index in [0.717, 1.165) is 17.9 Å². The molecule has 2 N–H and O–H groups in total. The van der Waals surface area contributed by atoms with Crippen LogP contribution in [0.2, 0.25) is 0 Å². The zero-order chi connectivity index (χ0) is 15.8. The monoisotopic (exact) mass is 314 g/mol. The van der Waals surface area contributed by atoms with Crippen LogP contribution < -0.4 is 15.4 Å². The van der Waals surface area contributed by atoms with E-state index < -0.39 is 0 Å². The largest absolute Gasteiger partial charge is 0.493 e. The van der Waals surface area contributed by atoms with Crippen LogP contribution >= 0.6 is 12.2 Å². The summed E-state index contributed by atoms with van der Waals surface area (Å²) in [5.74, 6) is 0.555. The number of rotatable bonds is 5. The van der Waals surface area contributed by atoms with Gasteiger partial charge in [0.2, 0.25) is 5.91 Å². The second-order valence-electron chi connectivity index (χ2n) is 4.75. The smallest absolute Gasteiger partial charge is 0.222 e. The molecule has 0 spiro atoms. The fourth-order valence-corrected chi connectivity index (χ4v) is 2.18. The van der Waals surface area contributed by atoms with Crippen LogP contribution in [0.4, 0.5) is 5.69 Å². The van der Waals surface area contributed by atoms with Crippen molar-refractivity contribution >= 4 is 28.9 Å². The standard InChI is InChI=1S/C17H18N2O2S/c1-13(20)18-17(22)19-15-8-5-9-16(12-15)21-11-10-14-6-3-2-4-7-14/h2-9,12H,10-11H2,1H3,(H2,18,19,20,22). The quantitative estimate of drug-likeness (QED) is 0.833. The Morgan fingerprint density at radius 2 is 1.91 bits per heavy atom. The minimum absolute atomic E-state index is 0.201. The molecule has 0 aliphatic heterocycles. The topological polar surface area (TPSA) is 50.4 Å². The number of anilines is 1. The van der Waals surface area contributed by atoms with Crippen molar-refractivity contribution in [3.05, 3.63) is 60.2 Å².